The largest absolute Gasteiger partial charge is 0.395 e. The van der Waals surface area contributed by atoms with E-state index in [4.69, 9.17) is 5.73 Å². The summed E-state index contributed by atoms with van der Waals surface area (Å²) in [6.45, 7) is 6.63. The molecule has 3 nitrogen and oxygen atoms in total. The molecule has 13 heavy (non-hydrogen) atoms. The predicted molar refractivity (Wildman–Crippen MR) is 54.5 cm³/mol. The summed E-state index contributed by atoms with van der Waals surface area (Å²) in [7, 11) is 0. The third-order valence-corrected chi connectivity index (χ3v) is 3.01. The van der Waals surface area contributed by atoms with Gasteiger partial charge in [-0.05, 0) is 31.8 Å². The molecule has 1 heterocycles. The first kappa shape index (κ1) is 11.0. The minimum absolute atomic E-state index is 0.100. The molecule has 1 aliphatic rings. The predicted octanol–water partition coefficient (Wildman–Crippen LogP) is 0.426. The fourth-order valence-corrected chi connectivity index (χ4v) is 2.00. The zero-order chi connectivity index (χ0) is 9.84. The van der Waals surface area contributed by atoms with Gasteiger partial charge < -0.3 is 10.8 Å². The minimum Gasteiger partial charge on any atom is -0.395 e. The summed E-state index contributed by atoms with van der Waals surface area (Å²) >= 11 is 0. The van der Waals surface area contributed by atoms with E-state index >= 15 is 0 Å². The van der Waals surface area contributed by atoms with Crippen molar-refractivity contribution in [3.63, 3.8) is 0 Å². The van der Waals surface area contributed by atoms with Gasteiger partial charge in [0.1, 0.15) is 0 Å². The smallest absolute Gasteiger partial charge is 0.0602 e. The molecule has 1 rings (SSSR count). The Hall–Kier alpha value is -0.120. The van der Waals surface area contributed by atoms with Crippen LogP contribution in [-0.2, 0) is 0 Å². The van der Waals surface area contributed by atoms with Gasteiger partial charge in [0.25, 0.3) is 0 Å². The highest BCUT2D eigenvalue weighted by molar-refractivity contribution is 4.85. The van der Waals surface area contributed by atoms with Crippen LogP contribution in [0.25, 0.3) is 0 Å². The average Bonchev–Trinajstić information content (AvgIpc) is 2.58. The number of nitrogens with zero attached hydrogens (tertiary/aromatic N) is 1. The molecule has 1 saturated heterocycles. The Balaban J connectivity index is 2.49. The molecule has 3 N–H and O–H groups in total. The first-order valence-electron chi connectivity index (χ1n) is 5.27. The maximum atomic E-state index is 9.28. The summed E-state index contributed by atoms with van der Waals surface area (Å²) in [6.07, 6.45) is 2.50. The second-order valence-electron chi connectivity index (χ2n) is 4.31. The van der Waals surface area contributed by atoms with E-state index in [2.05, 4.69) is 18.7 Å². The number of hydrogen-bond acceptors (Lipinski definition) is 3. The van der Waals surface area contributed by atoms with Crippen molar-refractivity contribution in [2.75, 3.05) is 19.7 Å². The number of rotatable bonds is 4. The van der Waals surface area contributed by atoms with Gasteiger partial charge >= 0.3 is 0 Å². The topological polar surface area (TPSA) is 49.5 Å². The monoisotopic (exact) mass is 186 g/mol. The lowest BCUT2D eigenvalue weighted by Crippen LogP contribution is -2.51. The van der Waals surface area contributed by atoms with Crippen LogP contribution in [0.15, 0.2) is 0 Å². The zero-order valence-corrected chi connectivity index (χ0v) is 8.74. The van der Waals surface area contributed by atoms with Gasteiger partial charge in [-0.3, -0.25) is 4.90 Å². The molecule has 0 radical (unpaired) electrons. The molecule has 0 aliphatic carbocycles. The number of nitrogens with two attached hydrogens (primary N) is 1. The second kappa shape index (κ2) is 4.94. The molecule has 2 unspecified atom stereocenters. The van der Waals surface area contributed by atoms with E-state index in [0.717, 1.165) is 13.1 Å². The van der Waals surface area contributed by atoms with Crippen LogP contribution >= 0.6 is 0 Å². The Morgan fingerprint density at radius 2 is 1.85 bits per heavy atom. The molecule has 2 atom stereocenters. The van der Waals surface area contributed by atoms with E-state index in [9.17, 15) is 5.11 Å². The van der Waals surface area contributed by atoms with Crippen molar-refractivity contribution in [2.24, 2.45) is 11.7 Å². The van der Waals surface area contributed by atoms with Crippen LogP contribution in [0.2, 0.25) is 0 Å². The normalized spacial score (nSPS) is 23.8. The van der Waals surface area contributed by atoms with Crippen LogP contribution in [0.3, 0.4) is 0 Å². The lowest BCUT2D eigenvalue weighted by atomic mass is 9.97. The van der Waals surface area contributed by atoms with Gasteiger partial charge in [-0.1, -0.05) is 13.8 Å². The van der Waals surface area contributed by atoms with Crippen LogP contribution in [0.5, 0.6) is 0 Å². The van der Waals surface area contributed by atoms with E-state index in [-0.39, 0.29) is 18.7 Å². The first-order valence-corrected chi connectivity index (χ1v) is 5.27. The van der Waals surface area contributed by atoms with Crippen molar-refractivity contribution in [3.8, 4) is 0 Å². The van der Waals surface area contributed by atoms with E-state index in [0.29, 0.717) is 5.92 Å². The molecule has 1 fully saturated rings. The number of aliphatic hydroxyl groups is 1. The Kier molecular flexibility index (Phi) is 4.16. The van der Waals surface area contributed by atoms with Crippen LogP contribution in [0.1, 0.15) is 26.7 Å². The molecule has 0 aromatic rings. The van der Waals surface area contributed by atoms with Crippen molar-refractivity contribution in [3.05, 3.63) is 0 Å². The van der Waals surface area contributed by atoms with Crippen molar-refractivity contribution < 1.29 is 5.11 Å². The van der Waals surface area contributed by atoms with E-state index in [1.54, 1.807) is 0 Å². The van der Waals surface area contributed by atoms with Gasteiger partial charge in [0.15, 0.2) is 0 Å². The second-order valence-corrected chi connectivity index (χ2v) is 4.31. The summed E-state index contributed by atoms with van der Waals surface area (Å²) in [5.41, 5.74) is 6.05. The summed E-state index contributed by atoms with van der Waals surface area (Å²) in [6, 6.07) is 0.269. The standard InChI is InChI=1S/C10H22N2O/c1-8(2)10(11)9(7-13)12-5-3-4-6-12/h8-10,13H,3-7,11H2,1-2H3. The van der Waals surface area contributed by atoms with Gasteiger partial charge in [0.05, 0.1) is 6.61 Å². The third kappa shape index (κ3) is 2.66. The Bertz CT molecular complexity index is 142. The van der Waals surface area contributed by atoms with Crippen LogP contribution < -0.4 is 5.73 Å². The van der Waals surface area contributed by atoms with Crippen LogP contribution in [0, 0.1) is 5.92 Å². The lowest BCUT2D eigenvalue weighted by Gasteiger charge is -2.32. The molecule has 0 bridgehead atoms. The van der Waals surface area contributed by atoms with Crippen molar-refractivity contribution >= 4 is 0 Å². The highest BCUT2D eigenvalue weighted by atomic mass is 16.3. The lowest BCUT2D eigenvalue weighted by molar-refractivity contribution is 0.111. The number of likely N-dealkylation sites (tertiary alicyclic amines) is 1. The van der Waals surface area contributed by atoms with Crippen LogP contribution in [-0.4, -0.2) is 41.8 Å². The quantitative estimate of drug-likeness (QED) is 0.669. The molecule has 0 saturated carbocycles. The molecule has 0 aromatic heterocycles. The maximum Gasteiger partial charge on any atom is 0.0602 e. The zero-order valence-electron chi connectivity index (χ0n) is 8.74. The fraction of sp³-hybridized carbons (Fsp3) is 1.00. The maximum absolute atomic E-state index is 9.28. The van der Waals surface area contributed by atoms with E-state index in [1.807, 2.05) is 0 Å². The van der Waals surface area contributed by atoms with Gasteiger partial charge in [-0.15, -0.1) is 0 Å². The van der Waals surface area contributed by atoms with Crippen molar-refractivity contribution in [1.29, 1.82) is 0 Å². The number of aliphatic hydroxyl groups excluding tert-OH is 1. The van der Waals surface area contributed by atoms with Gasteiger partial charge in [-0.25, -0.2) is 0 Å². The SMILES string of the molecule is CC(C)C(N)C(CO)N1CCCC1. The minimum atomic E-state index is 0.100. The molecule has 1 aliphatic heterocycles. The van der Waals surface area contributed by atoms with Crippen molar-refractivity contribution in [2.45, 2.75) is 38.8 Å². The number of hydrogen-bond donors (Lipinski definition) is 2. The molecule has 3 heteroatoms. The molecule has 78 valence electrons. The Morgan fingerprint density at radius 3 is 2.23 bits per heavy atom. The summed E-state index contributed by atoms with van der Waals surface area (Å²) in [4.78, 5) is 2.32. The van der Waals surface area contributed by atoms with Gasteiger partial charge in [-0.2, -0.15) is 0 Å². The summed E-state index contributed by atoms with van der Waals surface area (Å²) in [5.74, 6) is 0.442. The van der Waals surface area contributed by atoms with E-state index in [1.165, 1.54) is 12.8 Å². The molecule has 0 amide bonds. The first-order chi connectivity index (χ1) is 6.16. The van der Waals surface area contributed by atoms with E-state index < -0.39 is 0 Å². The summed E-state index contributed by atoms with van der Waals surface area (Å²) < 4.78 is 0. The fourth-order valence-electron chi connectivity index (χ4n) is 2.00. The molecule has 0 spiro atoms. The summed E-state index contributed by atoms with van der Waals surface area (Å²) in [5, 5.41) is 9.28. The Morgan fingerprint density at radius 1 is 1.31 bits per heavy atom. The third-order valence-electron chi connectivity index (χ3n) is 3.01. The van der Waals surface area contributed by atoms with Gasteiger partial charge in [0.2, 0.25) is 0 Å². The van der Waals surface area contributed by atoms with Crippen LogP contribution in [0.4, 0.5) is 0 Å². The van der Waals surface area contributed by atoms with Gasteiger partial charge in [0, 0.05) is 12.1 Å². The highest BCUT2D eigenvalue weighted by Crippen LogP contribution is 2.16. The Labute approximate surface area is 80.9 Å². The average molecular weight is 186 g/mol. The van der Waals surface area contributed by atoms with Crippen molar-refractivity contribution in [1.82, 2.24) is 4.90 Å². The molecule has 0 aromatic carbocycles. The molecular formula is C10H22N2O. The highest BCUT2D eigenvalue weighted by Gasteiger charge is 2.27. The molecular weight excluding hydrogens is 164 g/mol.